The summed E-state index contributed by atoms with van der Waals surface area (Å²) in [5.74, 6) is 0.582. The van der Waals surface area contributed by atoms with Gasteiger partial charge in [0.25, 0.3) is 0 Å². The number of rotatable bonds is 4. The first kappa shape index (κ1) is 15.3. The summed E-state index contributed by atoms with van der Waals surface area (Å²) in [6.45, 7) is 3.82. The third-order valence-corrected chi connectivity index (χ3v) is 4.96. The molecule has 22 heavy (non-hydrogen) atoms. The molecule has 0 spiro atoms. The van der Waals surface area contributed by atoms with E-state index in [1.54, 1.807) is 16.2 Å². The molecule has 0 bridgehead atoms. The molecule has 0 aromatic carbocycles. The molecule has 2 aromatic heterocycles. The second kappa shape index (κ2) is 6.67. The average molecular weight is 317 g/mol. The van der Waals surface area contributed by atoms with Crippen LogP contribution in [0.1, 0.15) is 17.7 Å². The van der Waals surface area contributed by atoms with Crippen LogP contribution < -0.4 is 0 Å². The van der Waals surface area contributed by atoms with Gasteiger partial charge in [-0.25, -0.2) is 0 Å². The van der Waals surface area contributed by atoms with Crippen molar-refractivity contribution in [1.29, 1.82) is 0 Å². The first-order valence-electron chi connectivity index (χ1n) is 7.69. The zero-order valence-electron chi connectivity index (χ0n) is 13.2. The minimum absolute atomic E-state index is 0.219. The second-order valence-electron chi connectivity index (χ2n) is 6.31. The SMILES string of the molecule is CN(C)C(=O)C[C@H]1CN(Cc2ccsc2)Cc2cccn2C1. The highest BCUT2D eigenvalue weighted by Crippen LogP contribution is 2.22. The molecule has 0 N–H and O–H groups in total. The van der Waals surface area contributed by atoms with Gasteiger partial charge in [-0.1, -0.05) is 0 Å². The van der Waals surface area contributed by atoms with Crippen molar-refractivity contribution in [3.63, 3.8) is 0 Å². The van der Waals surface area contributed by atoms with E-state index in [4.69, 9.17) is 0 Å². The van der Waals surface area contributed by atoms with E-state index >= 15 is 0 Å². The van der Waals surface area contributed by atoms with Crippen molar-refractivity contribution in [1.82, 2.24) is 14.4 Å². The molecule has 4 nitrogen and oxygen atoms in total. The van der Waals surface area contributed by atoms with Crippen molar-refractivity contribution < 1.29 is 4.79 Å². The Morgan fingerprint density at radius 3 is 2.95 bits per heavy atom. The maximum atomic E-state index is 12.1. The normalized spacial score (nSPS) is 18.7. The molecule has 1 atom stereocenters. The lowest BCUT2D eigenvalue weighted by molar-refractivity contribution is -0.129. The van der Waals surface area contributed by atoms with Gasteiger partial charge >= 0.3 is 0 Å². The van der Waals surface area contributed by atoms with Crippen molar-refractivity contribution in [2.24, 2.45) is 5.92 Å². The molecule has 0 unspecified atom stereocenters. The summed E-state index contributed by atoms with van der Waals surface area (Å²) >= 11 is 1.74. The molecule has 0 saturated heterocycles. The summed E-state index contributed by atoms with van der Waals surface area (Å²) in [7, 11) is 3.67. The van der Waals surface area contributed by atoms with Gasteiger partial charge in [0.1, 0.15) is 0 Å². The maximum absolute atomic E-state index is 12.1. The summed E-state index contributed by atoms with van der Waals surface area (Å²) in [5, 5.41) is 4.34. The van der Waals surface area contributed by atoms with Gasteiger partial charge in [-0.05, 0) is 40.4 Å². The van der Waals surface area contributed by atoms with Gasteiger partial charge in [0.05, 0.1) is 0 Å². The Bertz CT molecular complexity index is 618. The van der Waals surface area contributed by atoms with Crippen LogP contribution in [0.5, 0.6) is 0 Å². The molecule has 2 aromatic rings. The zero-order chi connectivity index (χ0) is 15.5. The molecule has 1 amide bonds. The van der Waals surface area contributed by atoms with E-state index in [0.29, 0.717) is 12.3 Å². The molecular formula is C17H23N3OS. The van der Waals surface area contributed by atoms with Gasteiger partial charge in [-0.3, -0.25) is 9.69 Å². The van der Waals surface area contributed by atoms with Crippen LogP contribution in [0.15, 0.2) is 35.2 Å². The Hall–Kier alpha value is -1.59. The summed E-state index contributed by atoms with van der Waals surface area (Å²) in [5.41, 5.74) is 2.71. The molecule has 3 heterocycles. The summed E-state index contributed by atoms with van der Waals surface area (Å²) in [6.07, 6.45) is 2.75. The lowest BCUT2D eigenvalue weighted by Crippen LogP contribution is -2.31. The largest absolute Gasteiger partial charge is 0.350 e. The van der Waals surface area contributed by atoms with E-state index < -0.39 is 0 Å². The number of fused-ring (bicyclic) bond motifs is 1. The molecular weight excluding hydrogens is 294 g/mol. The molecule has 1 aliphatic rings. The van der Waals surface area contributed by atoms with Gasteiger partial charge in [-0.15, -0.1) is 0 Å². The van der Waals surface area contributed by atoms with Crippen LogP contribution in [0.3, 0.4) is 0 Å². The minimum Gasteiger partial charge on any atom is -0.350 e. The molecule has 0 saturated carbocycles. The van der Waals surface area contributed by atoms with Crippen molar-refractivity contribution in [3.05, 3.63) is 46.4 Å². The average Bonchev–Trinajstić information content (AvgIpc) is 3.08. The second-order valence-corrected chi connectivity index (χ2v) is 7.09. The number of aromatic nitrogens is 1. The van der Waals surface area contributed by atoms with Crippen molar-refractivity contribution in [2.75, 3.05) is 20.6 Å². The Labute approximate surface area is 136 Å². The van der Waals surface area contributed by atoms with E-state index in [9.17, 15) is 4.79 Å². The van der Waals surface area contributed by atoms with Gasteiger partial charge in [-0.2, -0.15) is 11.3 Å². The van der Waals surface area contributed by atoms with E-state index in [1.807, 2.05) is 14.1 Å². The van der Waals surface area contributed by atoms with Crippen LogP contribution in [0.4, 0.5) is 0 Å². The first-order valence-corrected chi connectivity index (χ1v) is 8.63. The Morgan fingerprint density at radius 2 is 2.23 bits per heavy atom. The number of thiophene rings is 1. The summed E-state index contributed by atoms with van der Waals surface area (Å²) in [6, 6.07) is 6.49. The van der Waals surface area contributed by atoms with E-state index in [1.165, 1.54) is 11.3 Å². The van der Waals surface area contributed by atoms with Crippen molar-refractivity contribution in [2.45, 2.75) is 26.1 Å². The molecule has 1 aliphatic heterocycles. The number of amides is 1. The maximum Gasteiger partial charge on any atom is 0.222 e. The fraction of sp³-hybridized carbons (Fsp3) is 0.471. The Kier molecular flexibility index (Phi) is 4.64. The number of carbonyl (C=O) groups is 1. The molecule has 0 fully saturated rings. The number of hydrogen-bond acceptors (Lipinski definition) is 3. The third kappa shape index (κ3) is 3.59. The highest BCUT2D eigenvalue weighted by molar-refractivity contribution is 7.07. The van der Waals surface area contributed by atoms with Gasteiger partial charge in [0, 0.05) is 58.6 Å². The summed E-state index contributed by atoms with van der Waals surface area (Å²) in [4.78, 5) is 16.3. The highest BCUT2D eigenvalue weighted by Gasteiger charge is 2.24. The lowest BCUT2D eigenvalue weighted by Gasteiger charge is -2.24. The van der Waals surface area contributed by atoms with Crippen LogP contribution in [-0.2, 0) is 24.4 Å². The van der Waals surface area contributed by atoms with Crippen LogP contribution in [0, 0.1) is 5.92 Å². The molecule has 5 heteroatoms. The quantitative estimate of drug-likeness (QED) is 0.867. The van der Waals surface area contributed by atoms with E-state index in [-0.39, 0.29) is 5.91 Å². The molecule has 3 rings (SSSR count). The third-order valence-electron chi connectivity index (χ3n) is 4.23. The highest BCUT2D eigenvalue weighted by atomic mass is 32.1. The zero-order valence-corrected chi connectivity index (χ0v) is 14.1. The van der Waals surface area contributed by atoms with Gasteiger partial charge in [0.2, 0.25) is 5.91 Å². The fourth-order valence-electron chi connectivity index (χ4n) is 3.09. The Balaban J connectivity index is 1.75. The predicted molar refractivity (Wildman–Crippen MR) is 89.7 cm³/mol. The molecule has 0 aliphatic carbocycles. The number of nitrogens with zero attached hydrogens (tertiary/aromatic N) is 3. The van der Waals surface area contributed by atoms with Crippen LogP contribution in [0.25, 0.3) is 0 Å². The van der Waals surface area contributed by atoms with Crippen molar-refractivity contribution >= 4 is 17.2 Å². The fourth-order valence-corrected chi connectivity index (χ4v) is 3.75. The Morgan fingerprint density at radius 1 is 1.36 bits per heavy atom. The monoisotopic (exact) mass is 317 g/mol. The smallest absolute Gasteiger partial charge is 0.222 e. The van der Waals surface area contributed by atoms with Crippen LogP contribution >= 0.6 is 11.3 Å². The predicted octanol–water partition coefficient (Wildman–Crippen LogP) is 2.66. The van der Waals surface area contributed by atoms with Crippen LogP contribution in [-0.4, -0.2) is 40.9 Å². The standard InChI is InChI=1S/C17H23N3OS/c1-18(2)17(21)8-15-10-19(9-14-5-7-22-13-14)12-16-4-3-6-20(16)11-15/h3-7,13,15H,8-12H2,1-2H3/t15-/m0/s1. The molecule has 0 radical (unpaired) electrons. The van der Waals surface area contributed by atoms with Gasteiger partial charge in [0.15, 0.2) is 0 Å². The first-order chi connectivity index (χ1) is 10.6. The van der Waals surface area contributed by atoms with E-state index in [0.717, 1.165) is 26.2 Å². The number of carbonyl (C=O) groups excluding carboxylic acids is 1. The minimum atomic E-state index is 0.219. The van der Waals surface area contributed by atoms with Gasteiger partial charge < -0.3 is 9.47 Å². The van der Waals surface area contributed by atoms with Crippen LogP contribution in [0.2, 0.25) is 0 Å². The number of hydrogen-bond donors (Lipinski definition) is 0. The topological polar surface area (TPSA) is 28.5 Å². The van der Waals surface area contributed by atoms with E-state index in [2.05, 4.69) is 44.6 Å². The van der Waals surface area contributed by atoms with Crippen molar-refractivity contribution in [3.8, 4) is 0 Å². The lowest BCUT2D eigenvalue weighted by atomic mass is 10.0. The molecule has 118 valence electrons. The summed E-state index contributed by atoms with van der Waals surface area (Å²) < 4.78 is 2.31.